The van der Waals surface area contributed by atoms with Crippen LogP contribution in [0.5, 0.6) is 5.75 Å². The van der Waals surface area contributed by atoms with Gasteiger partial charge in [0.2, 0.25) is 0 Å². The van der Waals surface area contributed by atoms with Crippen molar-refractivity contribution < 1.29 is 4.74 Å². The second-order valence-electron chi connectivity index (χ2n) is 8.70. The third-order valence-corrected chi connectivity index (χ3v) is 5.50. The maximum absolute atomic E-state index is 5.85. The number of unbranched alkanes of at least 4 members (excludes halogenated alkanes) is 4. The molecule has 0 saturated carbocycles. The predicted octanol–water partition coefficient (Wildman–Crippen LogP) is 7.81. The average molecular weight is 409 g/mol. The van der Waals surface area contributed by atoms with E-state index in [1.165, 1.54) is 49.7 Å². The highest BCUT2D eigenvalue weighted by molar-refractivity contribution is 5.55. The molecule has 0 radical (unpaired) electrons. The zero-order valence-electron chi connectivity index (χ0n) is 19.5. The largest absolute Gasteiger partial charge is 0.490 e. The normalized spacial score (nSPS) is 11.9. The second-order valence-corrected chi connectivity index (χ2v) is 8.70. The van der Waals surface area contributed by atoms with Crippen molar-refractivity contribution >= 4 is 0 Å². The summed E-state index contributed by atoms with van der Waals surface area (Å²) in [4.78, 5) is 8.99. The summed E-state index contributed by atoms with van der Waals surface area (Å²) in [6, 6.07) is 8.68. The quantitative estimate of drug-likeness (QED) is 0.236. The standard InChI is InChI=1S/C27H40N2O/c1-5-6-7-8-9-13-24-14-16-25(17-15-24)27-28-20-26(21-29-27)30-19-18-23(4)12-10-11-22(2)3/h11,14-17,20-21,23H,5-10,12-13,18-19H2,1-4H3/t23-/m0/s1. The minimum atomic E-state index is 0.658. The Balaban J connectivity index is 1.73. The predicted molar refractivity (Wildman–Crippen MR) is 128 cm³/mol. The van der Waals surface area contributed by atoms with Crippen LogP contribution < -0.4 is 4.74 Å². The lowest BCUT2D eigenvalue weighted by atomic mass is 10.0. The molecule has 3 heteroatoms. The van der Waals surface area contributed by atoms with Gasteiger partial charge >= 0.3 is 0 Å². The Kier molecular flexibility index (Phi) is 11.2. The maximum atomic E-state index is 5.85. The molecule has 1 aromatic heterocycles. The highest BCUT2D eigenvalue weighted by atomic mass is 16.5. The minimum Gasteiger partial charge on any atom is -0.490 e. The van der Waals surface area contributed by atoms with Gasteiger partial charge in [-0.15, -0.1) is 0 Å². The van der Waals surface area contributed by atoms with Crippen LogP contribution in [0.15, 0.2) is 48.3 Å². The number of allylic oxidation sites excluding steroid dienone is 2. The summed E-state index contributed by atoms with van der Waals surface area (Å²) < 4.78 is 5.85. The Morgan fingerprint density at radius 1 is 0.967 bits per heavy atom. The number of hydrogen-bond donors (Lipinski definition) is 0. The lowest BCUT2D eigenvalue weighted by Crippen LogP contribution is -2.04. The Bertz CT molecular complexity index is 730. The van der Waals surface area contributed by atoms with Gasteiger partial charge < -0.3 is 4.74 Å². The smallest absolute Gasteiger partial charge is 0.159 e. The molecule has 0 amide bonds. The Hall–Kier alpha value is -2.16. The van der Waals surface area contributed by atoms with Crippen LogP contribution in [0.3, 0.4) is 0 Å². The lowest BCUT2D eigenvalue weighted by molar-refractivity contribution is 0.278. The zero-order chi connectivity index (χ0) is 21.6. The molecule has 0 aliphatic heterocycles. The summed E-state index contributed by atoms with van der Waals surface area (Å²) in [7, 11) is 0. The third-order valence-electron chi connectivity index (χ3n) is 5.50. The molecule has 1 heterocycles. The summed E-state index contributed by atoms with van der Waals surface area (Å²) in [6.07, 6.45) is 17.1. The summed E-state index contributed by atoms with van der Waals surface area (Å²) in [5.74, 6) is 2.16. The molecule has 2 rings (SSSR count). The molecule has 0 fully saturated rings. The van der Waals surface area contributed by atoms with Gasteiger partial charge in [0.1, 0.15) is 0 Å². The molecule has 0 spiro atoms. The van der Waals surface area contributed by atoms with Gasteiger partial charge in [0.05, 0.1) is 19.0 Å². The minimum absolute atomic E-state index is 0.658. The van der Waals surface area contributed by atoms with Gasteiger partial charge in [0.15, 0.2) is 11.6 Å². The van der Waals surface area contributed by atoms with Crippen molar-refractivity contribution in [3.05, 3.63) is 53.9 Å². The number of benzene rings is 1. The first kappa shape index (κ1) is 24.1. The molecule has 0 unspecified atom stereocenters. The molecule has 1 aromatic carbocycles. The molecule has 30 heavy (non-hydrogen) atoms. The molecule has 2 aromatic rings. The monoisotopic (exact) mass is 408 g/mol. The number of rotatable bonds is 14. The van der Waals surface area contributed by atoms with Crippen LogP contribution in [-0.2, 0) is 6.42 Å². The molecule has 1 atom stereocenters. The highest BCUT2D eigenvalue weighted by Crippen LogP contribution is 2.19. The molecule has 164 valence electrons. The van der Waals surface area contributed by atoms with Gasteiger partial charge in [0.25, 0.3) is 0 Å². The van der Waals surface area contributed by atoms with Crippen LogP contribution in [0.25, 0.3) is 11.4 Å². The third kappa shape index (κ3) is 9.56. The van der Waals surface area contributed by atoms with E-state index in [2.05, 4.69) is 68.0 Å². The van der Waals surface area contributed by atoms with E-state index in [1.54, 1.807) is 12.4 Å². The lowest BCUT2D eigenvalue weighted by Gasteiger charge is -2.11. The van der Waals surface area contributed by atoms with Crippen LogP contribution in [0.1, 0.15) is 84.6 Å². The van der Waals surface area contributed by atoms with Crippen molar-refractivity contribution in [2.75, 3.05) is 6.61 Å². The van der Waals surface area contributed by atoms with E-state index in [9.17, 15) is 0 Å². The fourth-order valence-electron chi connectivity index (χ4n) is 3.47. The van der Waals surface area contributed by atoms with Crippen molar-refractivity contribution in [1.82, 2.24) is 9.97 Å². The molecule has 0 bridgehead atoms. The summed E-state index contributed by atoms with van der Waals surface area (Å²) >= 11 is 0. The summed E-state index contributed by atoms with van der Waals surface area (Å²) in [5, 5.41) is 0. The molecule has 0 saturated heterocycles. The van der Waals surface area contributed by atoms with Crippen molar-refractivity contribution in [2.24, 2.45) is 5.92 Å². The Morgan fingerprint density at radius 2 is 1.67 bits per heavy atom. The molecular formula is C27H40N2O. The topological polar surface area (TPSA) is 35.0 Å². The molecule has 0 aliphatic rings. The van der Waals surface area contributed by atoms with E-state index < -0.39 is 0 Å². The molecular weight excluding hydrogens is 368 g/mol. The van der Waals surface area contributed by atoms with Crippen molar-refractivity contribution in [3.63, 3.8) is 0 Å². The summed E-state index contributed by atoms with van der Waals surface area (Å²) in [6.45, 7) is 9.57. The van der Waals surface area contributed by atoms with Gasteiger partial charge in [-0.05, 0) is 57.4 Å². The number of aromatic nitrogens is 2. The van der Waals surface area contributed by atoms with Gasteiger partial charge in [-0.25, -0.2) is 9.97 Å². The van der Waals surface area contributed by atoms with Crippen LogP contribution >= 0.6 is 0 Å². The Morgan fingerprint density at radius 3 is 2.33 bits per heavy atom. The molecule has 0 N–H and O–H groups in total. The first-order chi connectivity index (χ1) is 14.6. The number of hydrogen-bond acceptors (Lipinski definition) is 3. The number of ether oxygens (including phenoxy) is 1. The van der Waals surface area contributed by atoms with Crippen LogP contribution in [-0.4, -0.2) is 16.6 Å². The number of aryl methyl sites for hydroxylation is 1. The van der Waals surface area contributed by atoms with Gasteiger partial charge in [0, 0.05) is 5.56 Å². The van der Waals surface area contributed by atoms with E-state index in [-0.39, 0.29) is 0 Å². The molecule has 3 nitrogen and oxygen atoms in total. The second kappa shape index (κ2) is 14.0. The first-order valence-corrected chi connectivity index (χ1v) is 11.8. The average Bonchev–Trinajstić information content (AvgIpc) is 2.74. The van der Waals surface area contributed by atoms with Crippen molar-refractivity contribution in [2.45, 2.75) is 85.5 Å². The van der Waals surface area contributed by atoms with Crippen molar-refractivity contribution in [3.8, 4) is 17.1 Å². The molecule has 0 aliphatic carbocycles. The van der Waals surface area contributed by atoms with E-state index in [0.717, 1.165) is 36.4 Å². The van der Waals surface area contributed by atoms with E-state index in [4.69, 9.17) is 4.74 Å². The summed E-state index contributed by atoms with van der Waals surface area (Å²) in [5.41, 5.74) is 3.85. The van der Waals surface area contributed by atoms with Gasteiger partial charge in [-0.3, -0.25) is 0 Å². The fraction of sp³-hybridized carbons (Fsp3) is 0.556. The van der Waals surface area contributed by atoms with Crippen LogP contribution in [0.4, 0.5) is 0 Å². The Labute approximate surface area is 184 Å². The van der Waals surface area contributed by atoms with E-state index in [0.29, 0.717) is 12.5 Å². The van der Waals surface area contributed by atoms with E-state index in [1.807, 2.05) is 0 Å². The van der Waals surface area contributed by atoms with E-state index >= 15 is 0 Å². The van der Waals surface area contributed by atoms with Gasteiger partial charge in [-0.1, -0.05) is 75.4 Å². The highest BCUT2D eigenvalue weighted by Gasteiger charge is 2.05. The first-order valence-electron chi connectivity index (χ1n) is 11.8. The zero-order valence-corrected chi connectivity index (χ0v) is 19.5. The van der Waals surface area contributed by atoms with Crippen LogP contribution in [0, 0.1) is 5.92 Å². The van der Waals surface area contributed by atoms with Gasteiger partial charge in [-0.2, -0.15) is 0 Å². The maximum Gasteiger partial charge on any atom is 0.159 e. The van der Waals surface area contributed by atoms with Crippen molar-refractivity contribution in [1.29, 1.82) is 0 Å². The fourth-order valence-corrected chi connectivity index (χ4v) is 3.47. The number of nitrogens with zero attached hydrogens (tertiary/aromatic N) is 2. The van der Waals surface area contributed by atoms with Crippen LogP contribution in [0.2, 0.25) is 0 Å². The SMILES string of the molecule is CCCCCCCc1ccc(-c2ncc(OCC[C@@H](C)CCC=C(C)C)cn2)cc1.